The van der Waals surface area contributed by atoms with Crippen molar-refractivity contribution in [2.75, 3.05) is 46.9 Å². The van der Waals surface area contributed by atoms with Gasteiger partial charge in [0.15, 0.2) is 11.6 Å². The lowest BCUT2D eigenvalue weighted by molar-refractivity contribution is -0.139. The molecular weight excluding hydrogens is 642 g/mol. The summed E-state index contributed by atoms with van der Waals surface area (Å²) in [5.41, 5.74) is 7.80. The molecule has 0 rings (SSSR count). The largest absolute Gasteiger partial charge is 0.461 e. The second-order valence-corrected chi connectivity index (χ2v) is 11.4. The number of rotatable bonds is 14. The van der Waals surface area contributed by atoms with E-state index in [2.05, 4.69) is 55.4 Å². The predicted octanol–water partition coefficient (Wildman–Crippen LogP) is 3.36. The van der Waals surface area contributed by atoms with E-state index in [0.717, 1.165) is 6.54 Å². The number of carbonyl (C=O) groups excluding carboxylic acids is 6. The van der Waals surface area contributed by atoms with E-state index in [-0.39, 0.29) is 47.8 Å². The Hall–Kier alpha value is -4.46. The number of nitrogens with zero attached hydrogens (tertiary/aromatic N) is 1. The molecule has 0 aliphatic rings. The van der Waals surface area contributed by atoms with E-state index in [1.807, 2.05) is 32.8 Å². The predicted molar refractivity (Wildman–Crippen MR) is 205 cm³/mol. The van der Waals surface area contributed by atoms with Crippen LogP contribution in [0.3, 0.4) is 0 Å². The van der Waals surface area contributed by atoms with Crippen LogP contribution in [0, 0.1) is 0 Å². The molecule has 0 aromatic carbocycles. The van der Waals surface area contributed by atoms with Crippen molar-refractivity contribution in [1.82, 2.24) is 20.9 Å². The molecule has 50 heavy (non-hydrogen) atoms. The van der Waals surface area contributed by atoms with Crippen LogP contribution >= 0.6 is 0 Å². The lowest BCUT2D eigenvalue weighted by Crippen LogP contribution is -2.30. The Morgan fingerprint density at radius 2 is 1.12 bits per heavy atom. The van der Waals surface area contributed by atoms with Crippen LogP contribution in [-0.4, -0.2) is 104 Å². The molecule has 13 nitrogen and oxygen atoms in total. The average molecular weight is 710 g/mol. The van der Waals surface area contributed by atoms with E-state index >= 15 is 0 Å². The van der Waals surface area contributed by atoms with Crippen LogP contribution in [0.1, 0.15) is 69.2 Å². The molecule has 0 aromatic rings. The molecule has 0 aliphatic carbocycles. The van der Waals surface area contributed by atoms with Crippen molar-refractivity contribution >= 4 is 35.3 Å². The van der Waals surface area contributed by atoms with Gasteiger partial charge in [0, 0.05) is 48.9 Å². The molecule has 0 heterocycles. The van der Waals surface area contributed by atoms with Gasteiger partial charge in [0.1, 0.15) is 6.61 Å². The van der Waals surface area contributed by atoms with Crippen molar-refractivity contribution in [2.24, 2.45) is 5.73 Å². The van der Waals surface area contributed by atoms with Crippen LogP contribution in [0.2, 0.25) is 0 Å². The van der Waals surface area contributed by atoms with Gasteiger partial charge in [0.25, 0.3) is 0 Å². The van der Waals surface area contributed by atoms with Gasteiger partial charge in [-0.3, -0.25) is 24.0 Å². The first-order valence-electron chi connectivity index (χ1n) is 15.7. The van der Waals surface area contributed by atoms with Gasteiger partial charge in [-0.1, -0.05) is 39.5 Å². The highest BCUT2D eigenvalue weighted by atomic mass is 16.5. The second-order valence-electron chi connectivity index (χ2n) is 11.4. The molecule has 1 atom stereocenters. The Morgan fingerprint density at radius 3 is 1.34 bits per heavy atom. The zero-order chi connectivity index (χ0) is 41.2. The molecule has 13 heteroatoms. The molecule has 288 valence electrons. The van der Waals surface area contributed by atoms with Gasteiger partial charge in [0.2, 0.25) is 17.7 Å². The summed E-state index contributed by atoms with van der Waals surface area (Å²) in [6, 6.07) is 0.209. The fourth-order valence-electron chi connectivity index (χ4n) is 1.52. The maximum absolute atomic E-state index is 10.8. The van der Waals surface area contributed by atoms with Crippen molar-refractivity contribution < 1.29 is 38.6 Å². The van der Waals surface area contributed by atoms with Crippen LogP contribution in [0.4, 0.5) is 0 Å². The minimum Gasteiger partial charge on any atom is -0.461 e. The number of carbonyl (C=O) groups is 6. The molecule has 0 radical (unpaired) electrons. The molecule has 1 unspecified atom stereocenters. The number of hydrogen-bond donors (Lipinski definition) is 5. The minimum absolute atomic E-state index is 0.0648. The summed E-state index contributed by atoms with van der Waals surface area (Å²) in [4.78, 5) is 64.6. The molecule has 0 aromatic heterocycles. The van der Waals surface area contributed by atoms with Gasteiger partial charge in [-0.25, -0.2) is 4.79 Å². The van der Waals surface area contributed by atoms with Crippen LogP contribution < -0.4 is 21.7 Å². The zero-order valence-electron chi connectivity index (χ0n) is 32.8. The van der Waals surface area contributed by atoms with Gasteiger partial charge in [-0.05, 0) is 101 Å². The number of aliphatic hydroxyl groups excluding tert-OH is 1. The van der Waals surface area contributed by atoms with Crippen molar-refractivity contribution in [3.05, 3.63) is 73.4 Å². The maximum Gasteiger partial charge on any atom is 0.333 e. The Bertz CT molecular complexity index is 1070. The van der Waals surface area contributed by atoms with Crippen molar-refractivity contribution in [3.63, 3.8) is 0 Å². The van der Waals surface area contributed by atoms with Crippen molar-refractivity contribution in [3.8, 4) is 0 Å². The van der Waals surface area contributed by atoms with E-state index in [1.54, 1.807) is 41.5 Å². The average Bonchev–Trinajstić information content (AvgIpc) is 2.99. The molecule has 0 aliphatic heterocycles. The van der Waals surface area contributed by atoms with E-state index in [4.69, 9.17) is 15.6 Å². The summed E-state index contributed by atoms with van der Waals surface area (Å²) in [6.45, 7) is 39.7. The third-order valence-corrected chi connectivity index (χ3v) is 4.70. The summed E-state index contributed by atoms with van der Waals surface area (Å²) in [5.74, 6) is -0.627. The van der Waals surface area contributed by atoms with Crippen LogP contribution in [-0.2, 0) is 33.5 Å². The molecule has 0 spiro atoms. The number of esters is 1. The first-order valence-corrected chi connectivity index (χ1v) is 15.7. The second kappa shape index (κ2) is 37.4. The maximum atomic E-state index is 10.8. The number of Topliss-reactive ketones (excluding diaryl/α,β-unsaturated/α-hetero) is 2. The molecule has 6 N–H and O–H groups in total. The third-order valence-electron chi connectivity index (χ3n) is 4.70. The molecule has 0 saturated carbocycles. The summed E-state index contributed by atoms with van der Waals surface area (Å²) in [5, 5.41) is 16.4. The number of nitrogens with one attached hydrogen (secondary N) is 3. The number of nitrogens with two attached hydrogens (primary N) is 1. The number of ether oxygens (including phenoxy) is 1. The summed E-state index contributed by atoms with van der Waals surface area (Å²) < 4.78 is 4.83. The molecule has 0 saturated heterocycles. The number of allylic oxidation sites excluding steroid dienone is 2. The van der Waals surface area contributed by atoms with E-state index in [9.17, 15) is 28.8 Å². The zero-order valence-corrected chi connectivity index (χ0v) is 32.8. The fourth-order valence-corrected chi connectivity index (χ4v) is 1.52. The lowest BCUT2D eigenvalue weighted by Gasteiger charge is -2.09. The standard InChI is InChI=1S/C8H15NO2.C7H13NO2.C6H12N2O.C6H11NO.2C5H8O/c1-7(2)8(10)11-6-5-9(3)4;1-5(2)7(10)8-4-6(3)9;1-5(2)6(9)8-4-3-7;1-4-6(8)7-5(2)3;2*1-4(2)5(3)6/h1,5-6H2,2-4H3;6,9H,1,4H2,2-3H3,(H,8,10);1,3-4,7H2,2H3,(H,8,9);4-5H,1H2,2-3H3,(H,7,8);2*1H2,2-3H3. The highest BCUT2D eigenvalue weighted by molar-refractivity contribution is 5.93. The van der Waals surface area contributed by atoms with Crippen LogP contribution in [0.5, 0.6) is 0 Å². The van der Waals surface area contributed by atoms with E-state index in [0.29, 0.717) is 47.6 Å². The topological polar surface area (TPSA) is 197 Å². The van der Waals surface area contributed by atoms with E-state index in [1.165, 1.54) is 19.9 Å². The molecule has 3 amide bonds. The fraction of sp³-hybridized carbons (Fsp3) is 0.514. The van der Waals surface area contributed by atoms with Gasteiger partial charge >= 0.3 is 5.97 Å². The lowest BCUT2D eigenvalue weighted by atomic mass is 10.3. The highest BCUT2D eigenvalue weighted by Gasteiger charge is 2.02. The summed E-state index contributed by atoms with van der Waals surface area (Å²) in [7, 11) is 3.85. The number of aliphatic hydroxyl groups is 1. The number of ketones is 2. The molecular formula is C37H67N5O8. The molecule has 0 bridgehead atoms. The summed E-state index contributed by atoms with van der Waals surface area (Å²) in [6.07, 6.45) is 0.767. The van der Waals surface area contributed by atoms with Crippen molar-refractivity contribution in [1.29, 1.82) is 0 Å². The SMILES string of the molecule is C=C(C)C(=O)NCC(C)O.C=C(C)C(=O)NCCN.C=C(C)C(=O)OCCN(C)C.C=C(C)C(C)=O.C=C(C)C(C)=O.C=CC(=O)NC(C)C. The first kappa shape index (κ1) is 57.8. The van der Waals surface area contributed by atoms with Crippen molar-refractivity contribution in [2.45, 2.75) is 81.4 Å². The highest BCUT2D eigenvalue weighted by Crippen LogP contribution is 1.91. The van der Waals surface area contributed by atoms with Gasteiger partial charge in [0.05, 0.1) is 6.10 Å². The quantitative estimate of drug-likeness (QED) is 0.132. The third kappa shape index (κ3) is 59.0. The van der Waals surface area contributed by atoms with Crippen LogP contribution in [0.15, 0.2) is 73.4 Å². The monoisotopic (exact) mass is 709 g/mol. The van der Waals surface area contributed by atoms with Crippen LogP contribution in [0.25, 0.3) is 0 Å². The van der Waals surface area contributed by atoms with Gasteiger partial charge in [-0.15, -0.1) is 0 Å². The number of hydrogen-bond acceptors (Lipinski definition) is 10. The molecule has 0 fully saturated rings. The Morgan fingerprint density at radius 1 is 0.740 bits per heavy atom. The minimum atomic E-state index is -0.497. The Balaban J connectivity index is -0.000000118. The van der Waals surface area contributed by atoms with Gasteiger partial charge in [-0.2, -0.15) is 0 Å². The van der Waals surface area contributed by atoms with Gasteiger partial charge < -0.3 is 36.4 Å². The van der Waals surface area contributed by atoms with E-state index < -0.39 is 6.10 Å². The normalized spacial score (nSPS) is 9.44. The summed E-state index contributed by atoms with van der Waals surface area (Å²) >= 11 is 0. The first-order chi connectivity index (χ1) is 22.7. The number of likely N-dealkylation sites (N-methyl/N-ethyl adjacent to an activating group) is 1. The Kier molecular flexibility index (Phi) is 43.2. The smallest absolute Gasteiger partial charge is 0.333 e. The Labute approximate surface area is 301 Å². The number of amides is 3.